The Hall–Kier alpha value is -1.13. The first kappa shape index (κ1) is 10.9. The zero-order valence-electron chi connectivity index (χ0n) is 8.24. The van der Waals surface area contributed by atoms with Crippen LogP contribution in [0.1, 0.15) is 15.9 Å². The van der Waals surface area contributed by atoms with Crippen LogP contribution in [0.5, 0.6) is 0 Å². The average Bonchev–Trinajstić information content (AvgIpc) is 2.15. The lowest BCUT2D eigenvalue weighted by atomic mass is 10.1. The molecule has 76 valence electrons. The first-order valence-electron chi connectivity index (χ1n) is 4.00. The van der Waals surface area contributed by atoms with Crippen LogP contribution in [0.2, 0.25) is 5.15 Å². The van der Waals surface area contributed by atoms with Crippen molar-refractivity contribution in [3.05, 3.63) is 28.5 Å². The molecule has 1 aromatic rings. The fourth-order valence-corrected chi connectivity index (χ4v) is 1.21. The van der Waals surface area contributed by atoms with E-state index in [9.17, 15) is 4.79 Å². The molecule has 0 fully saturated rings. The monoisotopic (exact) mass is 214 g/mol. The number of carbonyl (C=O) groups excluding carboxylic acids is 1. The number of nitrogens with zero attached hydrogens (tertiary/aromatic N) is 2. The van der Waals surface area contributed by atoms with E-state index in [0.717, 1.165) is 10.6 Å². The Bertz CT molecular complexity index is 355. The SMILES string of the molecule is CON(C)C(=O)c1cnc(Cl)cc1C. The van der Waals surface area contributed by atoms with Gasteiger partial charge in [0.2, 0.25) is 0 Å². The molecule has 1 rings (SSSR count). The molecule has 0 bridgehead atoms. The molecule has 0 atom stereocenters. The molecule has 0 aromatic carbocycles. The van der Waals surface area contributed by atoms with E-state index in [2.05, 4.69) is 4.98 Å². The molecular weight excluding hydrogens is 204 g/mol. The van der Waals surface area contributed by atoms with Crippen molar-refractivity contribution in [2.24, 2.45) is 0 Å². The predicted molar refractivity (Wildman–Crippen MR) is 53.1 cm³/mol. The summed E-state index contributed by atoms with van der Waals surface area (Å²) in [6.07, 6.45) is 1.44. The first-order valence-corrected chi connectivity index (χ1v) is 4.38. The molecule has 0 saturated heterocycles. The number of aryl methyl sites for hydroxylation is 1. The molecule has 4 nitrogen and oxygen atoms in total. The molecule has 1 aromatic heterocycles. The van der Waals surface area contributed by atoms with Crippen LogP contribution in [0, 0.1) is 6.92 Å². The van der Waals surface area contributed by atoms with Gasteiger partial charge >= 0.3 is 0 Å². The molecule has 0 spiro atoms. The third-order valence-corrected chi connectivity index (χ3v) is 2.07. The van der Waals surface area contributed by atoms with Gasteiger partial charge in [0.05, 0.1) is 12.7 Å². The summed E-state index contributed by atoms with van der Waals surface area (Å²) in [6.45, 7) is 1.80. The Morgan fingerprint density at radius 1 is 1.64 bits per heavy atom. The third-order valence-electron chi connectivity index (χ3n) is 1.87. The van der Waals surface area contributed by atoms with Crippen molar-refractivity contribution < 1.29 is 9.63 Å². The van der Waals surface area contributed by atoms with Crippen molar-refractivity contribution in [1.29, 1.82) is 0 Å². The minimum absolute atomic E-state index is 0.242. The molecule has 14 heavy (non-hydrogen) atoms. The van der Waals surface area contributed by atoms with E-state index in [1.54, 1.807) is 13.0 Å². The van der Waals surface area contributed by atoms with Crippen molar-refractivity contribution in [3.63, 3.8) is 0 Å². The van der Waals surface area contributed by atoms with Gasteiger partial charge in [0.15, 0.2) is 0 Å². The first-order chi connectivity index (χ1) is 6.56. The van der Waals surface area contributed by atoms with Crippen molar-refractivity contribution in [2.45, 2.75) is 6.92 Å². The summed E-state index contributed by atoms with van der Waals surface area (Å²) < 4.78 is 0. The lowest BCUT2D eigenvalue weighted by Gasteiger charge is -2.14. The highest BCUT2D eigenvalue weighted by Crippen LogP contribution is 2.13. The van der Waals surface area contributed by atoms with Crippen LogP contribution in [-0.4, -0.2) is 30.1 Å². The van der Waals surface area contributed by atoms with Gasteiger partial charge in [0.1, 0.15) is 5.15 Å². The summed E-state index contributed by atoms with van der Waals surface area (Å²) in [4.78, 5) is 20.2. The summed E-state index contributed by atoms with van der Waals surface area (Å²) in [6, 6.07) is 1.64. The number of pyridine rings is 1. The fourth-order valence-electron chi connectivity index (χ4n) is 0.998. The number of hydroxylamine groups is 2. The maximum Gasteiger partial charge on any atom is 0.278 e. The molecule has 0 N–H and O–H groups in total. The third kappa shape index (κ3) is 2.21. The second-order valence-corrected chi connectivity index (χ2v) is 3.19. The van der Waals surface area contributed by atoms with Crippen LogP contribution in [-0.2, 0) is 4.84 Å². The van der Waals surface area contributed by atoms with Crippen LogP contribution >= 0.6 is 11.6 Å². The van der Waals surface area contributed by atoms with Gasteiger partial charge in [0, 0.05) is 13.2 Å². The number of aromatic nitrogens is 1. The van der Waals surface area contributed by atoms with Crippen LogP contribution < -0.4 is 0 Å². The molecule has 1 heterocycles. The Morgan fingerprint density at radius 3 is 2.79 bits per heavy atom. The highest BCUT2D eigenvalue weighted by atomic mass is 35.5. The van der Waals surface area contributed by atoms with Gasteiger partial charge in [-0.3, -0.25) is 9.63 Å². The zero-order chi connectivity index (χ0) is 10.7. The van der Waals surface area contributed by atoms with Gasteiger partial charge in [-0.05, 0) is 18.6 Å². The van der Waals surface area contributed by atoms with Gasteiger partial charge in [-0.1, -0.05) is 11.6 Å². The van der Waals surface area contributed by atoms with Gasteiger partial charge in [-0.15, -0.1) is 0 Å². The molecule has 0 unspecified atom stereocenters. The van der Waals surface area contributed by atoms with Crippen molar-refractivity contribution in [3.8, 4) is 0 Å². The maximum absolute atomic E-state index is 11.6. The smallest absolute Gasteiger partial charge is 0.274 e. The molecule has 5 heteroatoms. The van der Waals surface area contributed by atoms with Gasteiger partial charge in [-0.2, -0.15) is 0 Å². The van der Waals surface area contributed by atoms with Crippen LogP contribution in [0.25, 0.3) is 0 Å². The Kier molecular flexibility index (Phi) is 3.43. The second kappa shape index (κ2) is 4.39. The molecular formula is C9H11ClN2O2. The topological polar surface area (TPSA) is 42.4 Å². The van der Waals surface area contributed by atoms with E-state index >= 15 is 0 Å². The highest BCUT2D eigenvalue weighted by Gasteiger charge is 2.14. The van der Waals surface area contributed by atoms with Crippen molar-refractivity contribution in [2.75, 3.05) is 14.2 Å². The number of halogens is 1. The number of rotatable bonds is 2. The number of hydrogen-bond donors (Lipinski definition) is 0. The normalized spacial score (nSPS) is 10.0. The highest BCUT2D eigenvalue weighted by molar-refractivity contribution is 6.29. The van der Waals surface area contributed by atoms with E-state index in [4.69, 9.17) is 16.4 Å². The summed E-state index contributed by atoms with van der Waals surface area (Å²) in [5.74, 6) is -0.242. The molecule has 0 aliphatic rings. The average molecular weight is 215 g/mol. The van der Waals surface area contributed by atoms with Gasteiger partial charge in [-0.25, -0.2) is 10.0 Å². The van der Waals surface area contributed by atoms with E-state index in [0.29, 0.717) is 10.7 Å². The van der Waals surface area contributed by atoms with Crippen LogP contribution in [0.15, 0.2) is 12.3 Å². The van der Waals surface area contributed by atoms with Crippen LogP contribution in [0.4, 0.5) is 0 Å². The fraction of sp³-hybridized carbons (Fsp3) is 0.333. The summed E-state index contributed by atoms with van der Waals surface area (Å²) >= 11 is 5.67. The number of hydrogen-bond acceptors (Lipinski definition) is 3. The Morgan fingerprint density at radius 2 is 2.29 bits per heavy atom. The minimum atomic E-state index is -0.242. The van der Waals surface area contributed by atoms with Crippen molar-refractivity contribution >= 4 is 17.5 Å². The zero-order valence-corrected chi connectivity index (χ0v) is 9.00. The molecule has 1 amide bonds. The summed E-state index contributed by atoms with van der Waals surface area (Å²) in [7, 11) is 2.97. The largest absolute Gasteiger partial charge is 0.278 e. The molecule has 0 aliphatic heterocycles. The number of carbonyl (C=O) groups is 1. The minimum Gasteiger partial charge on any atom is -0.274 e. The van der Waals surface area contributed by atoms with Gasteiger partial charge < -0.3 is 0 Å². The summed E-state index contributed by atoms with van der Waals surface area (Å²) in [5.41, 5.74) is 1.26. The van der Waals surface area contributed by atoms with Crippen molar-refractivity contribution in [1.82, 2.24) is 10.0 Å². The number of amides is 1. The quantitative estimate of drug-likeness (QED) is 0.556. The predicted octanol–water partition coefficient (Wildman–Crippen LogP) is 1.68. The Balaban J connectivity index is 3.02. The Labute approximate surface area is 87.4 Å². The maximum atomic E-state index is 11.6. The van der Waals surface area contributed by atoms with E-state index in [1.165, 1.54) is 20.4 Å². The van der Waals surface area contributed by atoms with Gasteiger partial charge in [0.25, 0.3) is 5.91 Å². The standard InChI is InChI=1S/C9H11ClN2O2/c1-6-4-8(10)11-5-7(6)9(13)12(2)14-3/h4-5H,1-3H3. The lowest BCUT2D eigenvalue weighted by Crippen LogP contribution is -2.26. The molecule has 0 radical (unpaired) electrons. The summed E-state index contributed by atoms with van der Waals surface area (Å²) in [5, 5.41) is 1.51. The lowest BCUT2D eigenvalue weighted by molar-refractivity contribution is -0.0757. The molecule has 0 aliphatic carbocycles. The molecule has 0 saturated carbocycles. The van der Waals surface area contributed by atoms with E-state index < -0.39 is 0 Å². The second-order valence-electron chi connectivity index (χ2n) is 2.81. The van der Waals surface area contributed by atoms with Crippen LogP contribution in [0.3, 0.4) is 0 Å². The van der Waals surface area contributed by atoms with E-state index in [1.807, 2.05) is 0 Å². The van der Waals surface area contributed by atoms with E-state index in [-0.39, 0.29) is 5.91 Å².